The number of nitrogens with one attached hydrogen (secondary N) is 1. The van der Waals surface area contributed by atoms with Crippen molar-refractivity contribution in [3.05, 3.63) is 11.5 Å². The molecule has 1 aliphatic heterocycles. The van der Waals surface area contributed by atoms with Crippen LogP contribution in [0.1, 0.15) is 19.8 Å². The van der Waals surface area contributed by atoms with Crippen molar-refractivity contribution in [3.63, 3.8) is 0 Å². The molecule has 4 nitrogen and oxygen atoms in total. The third-order valence-corrected chi connectivity index (χ3v) is 3.63. The minimum Gasteiger partial charge on any atom is -0.381 e. The first-order valence-corrected chi connectivity index (χ1v) is 6.23. The van der Waals surface area contributed by atoms with E-state index in [1.807, 2.05) is 0 Å². The zero-order chi connectivity index (χ0) is 10.7. The van der Waals surface area contributed by atoms with Crippen molar-refractivity contribution < 1.29 is 13.2 Å². The summed E-state index contributed by atoms with van der Waals surface area (Å²) in [6.45, 7) is 3.47. The fourth-order valence-electron chi connectivity index (χ4n) is 1.33. The molecular formula is C9H17NO3S. The zero-order valence-electron chi connectivity index (χ0n) is 8.62. The van der Waals surface area contributed by atoms with Gasteiger partial charge < -0.3 is 4.74 Å². The smallest absolute Gasteiger partial charge is 0.233 e. The Hall–Kier alpha value is -0.390. The summed E-state index contributed by atoms with van der Waals surface area (Å²) in [6.07, 6.45) is 3.52. The molecule has 82 valence electrons. The van der Waals surface area contributed by atoms with Gasteiger partial charge in [-0.2, -0.15) is 0 Å². The summed E-state index contributed by atoms with van der Waals surface area (Å²) in [7, 11) is -1.82. The van der Waals surface area contributed by atoms with Crippen LogP contribution >= 0.6 is 0 Å². The third-order valence-electron chi connectivity index (χ3n) is 2.57. The first kappa shape index (κ1) is 11.7. The molecule has 0 radical (unpaired) electrons. The average Bonchev–Trinajstić information content (AvgIpc) is 2.17. The maximum atomic E-state index is 11.2. The lowest BCUT2D eigenvalue weighted by Gasteiger charge is -2.30. The van der Waals surface area contributed by atoms with E-state index in [0.717, 1.165) is 12.8 Å². The van der Waals surface area contributed by atoms with Crippen molar-refractivity contribution >= 4 is 10.0 Å². The number of hydrogen-bond acceptors (Lipinski definition) is 3. The first-order valence-electron chi connectivity index (χ1n) is 4.68. The second kappa shape index (κ2) is 4.42. The van der Waals surface area contributed by atoms with E-state index in [2.05, 4.69) is 11.6 Å². The lowest BCUT2D eigenvalue weighted by atomic mass is 9.83. The molecule has 14 heavy (non-hydrogen) atoms. The van der Waals surface area contributed by atoms with E-state index in [9.17, 15) is 8.42 Å². The number of sulfonamides is 1. The van der Waals surface area contributed by atoms with Gasteiger partial charge in [-0.15, -0.1) is 0 Å². The van der Waals surface area contributed by atoms with E-state index in [0.29, 0.717) is 13.2 Å². The van der Waals surface area contributed by atoms with Gasteiger partial charge in [0.15, 0.2) is 0 Å². The molecule has 5 heteroatoms. The van der Waals surface area contributed by atoms with Gasteiger partial charge in [-0.1, -0.05) is 13.0 Å². The van der Waals surface area contributed by atoms with Gasteiger partial charge in [0.1, 0.15) is 0 Å². The molecular weight excluding hydrogens is 202 g/mol. The molecule has 0 aromatic heterocycles. The highest BCUT2D eigenvalue weighted by Gasteiger charge is 2.24. The lowest BCUT2D eigenvalue weighted by Crippen LogP contribution is -2.25. The maximum Gasteiger partial charge on any atom is 0.233 e. The van der Waals surface area contributed by atoms with Gasteiger partial charge in [0.25, 0.3) is 0 Å². The van der Waals surface area contributed by atoms with Crippen LogP contribution in [0, 0.1) is 5.41 Å². The van der Waals surface area contributed by atoms with E-state index in [-0.39, 0.29) is 5.41 Å². The van der Waals surface area contributed by atoms with Gasteiger partial charge in [0.05, 0.1) is 0 Å². The fraction of sp³-hybridized carbons (Fsp3) is 0.778. The Morgan fingerprint density at radius 2 is 1.93 bits per heavy atom. The molecule has 0 saturated carbocycles. The second-order valence-corrected chi connectivity index (χ2v) is 5.59. The van der Waals surface area contributed by atoms with E-state index >= 15 is 0 Å². The second-order valence-electron chi connectivity index (χ2n) is 3.82. The predicted molar refractivity (Wildman–Crippen MR) is 55.3 cm³/mol. The molecule has 0 atom stereocenters. The number of allylic oxidation sites excluding steroid dienone is 1. The van der Waals surface area contributed by atoms with Gasteiger partial charge in [-0.3, -0.25) is 0 Å². The van der Waals surface area contributed by atoms with Crippen LogP contribution in [-0.4, -0.2) is 28.7 Å². The minimum atomic E-state index is -3.23. The molecule has 0 unspecified atom stereocenters. The summed E-state index contributed by atoms with van der Waals surface area (Å²) in [5.74, 6) is 0. The van der Waals surface area contributed by atoms with Crippen molar-refractivity contribution in [1.29, 1.82) is 0 Å². The van der Waals surface area contributed by atoms with E-state index in [1.54, 1.807) is 6.08 Å². The van der Waals surface area contributed by atoms with Crippen LogP contribution in [0.3, 0.4) is 0 Å². The summed E-state index contributed by atoms with van der Waals surface area (Å²) < 4.78 is 29.8. The van der Waals surface area contributed by atoms with Gasteiger partial charge >= 0.3 is 0 Å². The van der Waals surface area contributed by atoms with Crippen LogP contribution < -0.4 is 4.72 Å². The van der Waals surface area contributed by atoms with Crippen LogP contribution in [0.2, 0.25) is 0 Å². The highest BCUT2D eigenvalue weighted by Crippen LogP contribution is 2.31. The molecule has 0 aromatic carbocycles. The van der Waals surface area contributed by atoms with E-state index < -0.39 is 10.0 Å². The summed E-state index contributed by atoms with van der Waals surface area (Å²) in [5.41, 5.74) is -0.0395. The van der Waals surface area contributed by atoms with Crippen molar-refractivity contribution in [3.8, 4) is 0 Å². The van der Waals surface area contributed by atoms with Crippen LogP contribution in [-0.2, 0) is 14.8 Å². The Labute approximate surface area is 85.4 Å². The normalized spacial score (nSPS) is 22.7. The Morgan fingerprint density at radius 1 is 1.36 bits per heavy atom. The van der Waals surface area contributed by atoms with E-state index in [4.69, 9.17) is 4.74 Å². The number of rotatable bonds is 3. The average molecular weight is 219 g/mol. The Balaban J connectivity index is 2.66. The van der Waals surface area contributed by atoms with Crippen molar-refractivity contribution in [2.75, 3.05) is 20.3 Å². The summed E-state index contributed by atoms with van der Waals surface area (Å²) in [4.78, 5) is 0. The quantitative estimate of drug-likeness (QED) is 0.766. The summed E-state index contributed by atoms with van der Waals surface area (Å²) in [5, 5.41) is 1.25. The van der Waals surface area contributed by atoms with Gasteiger partial charge in [-0.25, -0.2) is 13.1 Å². The van der Waals surface area contributed by atoms with Crippen LogP contribution in [0.4, 0.5) is 0 Å². The van der Waals surface area contributed by atoms with Crippen LogP contribution in [0.15, 0.2) is 11.5 Å². The van der Waals surface area contributed by atoms with Gasteiger partial charge in [0, 0.05) is 18.6 Å². The maximum absolute atomic E-state index is 11.2. The van der Waals surface area contributed by atoms with Crippen molar-refractivity contribution in [1.82, 2.24) is 4.72 Å². The minimum absolute atomic E-state index is 0.0395. The Kier molecular flexibility index (Phi) is 3.69. The molecule has 1 aliphatic rings. The van der Waals surface area contributed by atoms with Crippen LogP contribution in [0.25, 0.3) is 0 Å². The molecule has 0 aliphatic carbocycles. The molecule has 0 aromatic rings. The SMILES string of the molecule is CNS(=O)(=O)/C=C/C1(C)CCOCC1. The molecule has 1 fully saturated rings. The molecule has 1 N–H and O–H groups in total. The standard InChI is InChI=1S/C9H17NO3S/c1-9(3-6-13-7-4-9)5-8-14(11,12)10-2/h5,8,10H,3-4,6-7H2,1-2H3/b8-5+. The molecule has 1 heterocycles. The van der Waals surface area contributed by atoms with Crippen molar-refractivity contribution in [2.24, 2.45) is 5.41 Å². The fourth-order valence-corrected chi connectivity index (χ4v) is 1.97. The summed E-state index contributed by atoms with van der Waals surface area (Å²) >= 11 is 0. The molecule has 0 amide bonds. The Bertz CT molecular complexity index is 302. The molecule has 0 bridgehead atoms. The van der Waals surface area contributed by atoms with Gasteiger partial charge in [-0.05, 0) is 25.3 Å². The largest absolute Gasteiger partial charge is 0.381 e. The lowest BCUT2D eigenvalue weighted by molar-refractivity contribution is 0.0450. The molecule has 1 saturated heterocycles. The molecule has 0 spiro atoms. The van der Waals surface area contributed by atoms with Crippen LogP contribution in [0.5, 0.6) is 0 Å². The van der Waals surface area contributed by atoms with E-state index in [1.165, 1.54) is 12.5 Å². The topological polar surface area (TPSA) is 55.4 Å². The van der Waals surface area contributed by atoms with Crippen molar-refractivity contribution in [2.45, 2.75) is 19.8 Å². The summed E-state index contributed by atoms with van der Waals surface area (Å²) in [6, 6.07) is 0. The number of hydrogen-bond donors (Lipinski definition) is 1. The Morgan fingerprint density at radius 3 is 2.43 bits per heavy atom. The predicted octanol–water partition coefficient (Wildman–Crippen LogP) is 0.866. The highest BCUT2D eigenvalue weighted by molar-refractivity contribution is 7.92. The molecule has 1 rings (SSSR count). The monoisotopic (exact) mass is 219 g/mol. The highest BCUT2D eigenvalue weighted by atomic mass is 32.2. The first-order chi connectivity index (χ1) is 6.47. The van der Waals surface area contributed by atoms with Gasteiger partial charge in [0.2, 0.25) is 10.0 Å². The third kappa shape index (κ3) is 3.40. The number of ether oxygens (including phenoxy) is 1. The zero-order valence-corrected chi connectivity index (χ0v) is 9.43.